The molecule has 14 atom stereocenters. The fraction of sp³-hybridized carbons (Fsp3) is 0.943. The van der Waals surface area contributed by atoms with Crippen LogP contribution in [0.2, 0.25) is 0 Å². The van der Waals surface area contributed by atoms with E-state index in [9.17, 15) is 20.4 Å². The third-order valence-corrected chi connectivity index (χ3v) is 13.5. The maximum absolute atomic E-state index is 10.5. The molecule has 1 heterocycles. The SMILES string of the molecule is CC[C@H](CC[C@@H](C)[C@H]1CC[C@H]2[C@H]3CC=C4C[C@@H](O[C@@H]5O[C@H](CO)[C@@H](O)[C@H](O)[C@H]5O)CC[C@]4(C)[C@H]3CC[C@]12C)C(C)C. The molecular weight excluding hydrogens is 516 g/mol. The molecule has 3 saturated carbocycles. The third-order valence-electron chi connectivity index (χ3n) is 13.5. The molecule has 1 saturated heterocycles. The van der Waals surface area contributed by atoms with Crippen molar-refractivity contribution in [1.29, 1.82) is 0 Å². The molecule has 0 radical (unpaired) electrons. The van der Waals surface area contributed by atoms with Crippen molar-refractivity contribution in [3.05, 3.63) is 11.6 Å². The van der Waals surface area contributed by atoms with Crippen LogP contribution in [0.15, 0.2) is 11.6 Å². The molecule has 5 aliphatic rings. The van der Waals surface area contributed by atoms with Gasteiger partial charge in [0, 0.05) is 0 Å². The Labute approximate surface area is 249 Å². The minimum atomic E-state index is -1.40. The van der Waals surface area contributed by atoms with Gasteiger partial charge in [0.2, 0.25) is 0 Å². The molecule has 0 amide bonds. The van der Waals surface area contributed by atoms with E-state index in [2.05, 4.69) is 47.6 Å². The van der Waals surface area contributed by atoms with E-state index in [0.29, 0.717) is 5.41 Å². The van der Waals surface area contributed by atoms with Crippen LogP contribution in [0, 0.1) is 52.3 Å². The monoisotopic (exact) mass is 576 g/mol. The van der Waals surface area contributed by atoms with E-state index in [-0.39, 0.29) is 11.5 Å². The van der Waals surface area contributed by atoms with Gasteiger partial charge in [0.05, 0.1) is 12.7 Å². The smallest absolute Gasteiger partial charge is 0.186 e. The summed E-state index contributed by atoms with van der Waals surface area (Å²) < 4.78 is 11.9. The lowest BCUT2D eigenvalue weighted by molar-refractivity contribution is -0.313. The molecule has 0 bridgehead atoms. The van der Waals surface area contributed by atoms with Gasteiger partial charge in [0.15, 0.2) is 6.29 Å². The quantitative estimate of drug-likeness (QED) is 0.257. The lowest BCUT2D eigenvalue weighted by Crippen LogP contribution is -2.60. The second-order valence-electron chi connectivity index (χ2n) is 15.7. The van der Waals surface area contributed by atoms with Crippen molar-refractivity contribution in [2.24, 2.45) is 52.3 Å². The van der Waals surface area contributed by atoms with Crippen molar-refractivity contribution in [1.82, 2.24) is 0 Å². The van der Waals surface area contributed by atoms with E-state index < -0.39 is 37.3 Å². The summed E-state index contributed by atoms with van der Waals surface area (Å²) in [5.41, 5.74) is 2.19. The largest absolute Gasteiger partial charge is 0.394 e. The summed E-state index contributed by atoms with van der Waals surface area (Å²) >= 11 is 0. The summed E-state index contributed by atoms with van der Waals surface area (Å²) in [6, 6.07) is 0. The summed E-state index contributed by atoms with van der Waals surface area (Å²) in [4.78, 5) is 0. The highest BCUT2D eigenvalue weighted by Gasteiger charge is 2.59. The van der Waals surface area contributed by atoms with Crippen LogP contribution >= 0.6 is 0 Å². The Hall–Kier alpha value is -0.500. The standard InChI is InChI=1S/C35H60O6/c1-7-22(20(2)3)9-8-21(4)26-12-13-27-25-11-10-23-18-24(14-16-34(23,5)28(25)15-17-35(26,27)6)40-33-32(39)31(38)30(37)29(19-36)41-33/h10,20-22,24-33,36-39H,7-9,11-19H2,1-6H3/t21-,22-,24+,25-,26-,27+,28+,29-,30-,31+,32-,33-,34+,35-/m1/s1. The van der Waals surface area contributed by atoms with Crippen molar-refractivity contribution in [3.8, 4) is 0 Å². The number of allylic oxidation sites excluding steroid dienone is 1. The van der Waals surface area contributed by atoms with Crippen LogP contribution in [-0.4, -0.2) is 63.8 Å². The van der Waals surface area contributed by atoms with E-state index in [1.54, 1.807) is 0 Å². The Morgan fingerprint density at radius 3 is 2.39 bits per heavy atom. The van der Waals surface area contributed by atoms with Crippen molar-refractivity contribution < 1.29 is 29.9 Å². The molecule has 4 N–H and O–H groups in total. The molecule has 0 aromatic heterocycles. The fourth-order valence-electron chi connectivity index (χ4n) is 10.8. The molecule has 236 valence electrons. The van der Waals surface area contributed by atoms with Gasteiger partial charge in [-0.2, -0.15) is 0 Å². The van der Waals surface area contributed by atoms with Gasteiger partial charge in [-0.15, -0.1) is 0 Å². The van der Waals surface area contributed by atoms with E-state index in [0.717, 1.165) is 60.7 Å². The van der Waals surface area contributed by atoms with Gasteiger partial charge in [-0.1, -0.05) is 66.0 Å². The maximum atomic E-state index is 10.5. The van der Waals surface area contributed by atoms with Gasteiger partial charge in [0.1, 0.15) is 24.4 Å². The van der Waals surface area contributed by atoms with Crippen LogP contribution in [0.1, 0.15) is 112 Å². The number of hydrogen-bond donors (Lipinski definition) is 4. The molecule has 0 aromatic carbocycles. The highest BCUT2D eigenvalue weighted by Crippen LogP contribution is 2.67. The second kappa shape index (κ2) is 12.5. The average Bonchev–Trinajstić information content (AvgIpc) is 3.30. The zero-order valence-electron chi connectivity index (χ0n) is 26.7. The molecule has 6 nitrogen and oxygen atoms in total. The number of aliphatic hydroxyl groups is 4. The first-order valence-corrected chi connectivity index (χ1v) is 17.1. The first kappa shape index (κ1) is 31.9. The Bertz CT molecular complexity index is 918. The minimum absolute atomic E-state index is 0.101. The minimum Gasteiger partial charge on any atom is -0.394 e. The Morgan fingerprint density at radius 2 is 1.71 bits per heavy atom. The normalized spacial score (nSPS) is 47.7. The second-order valence-corrected chi connectivity index (χ2v) is 15.7. The van der Waals surface area contributed by atoms with Crippen LogP contribution in [-0.2, 0) is 9.47 Å². The molecule has 0 spiro atoms. The van der Waals surface area contributed by atoms with Gasteiger partial charge in [-0.05, 0) is 110 Å². The molecule has 4 fully saturated rings. The van der Waals surface area contributed by atoms with Crippen LogP contribution in [0.25, 0.3) is 0 Å². The highest BCUT2D eigenvalue weighted by atomic mass is 16.7. The predicted molar refractivity (Wildman–Crippen MR) is 161 cm³/mol. The Morgan fingerprint density at radius 1 is 0.951 bits per heavy atom. The van der Waals surface area contributed by atoms with Crippen molar-refractivity contribution in [2.45, 2.75) is 149 Å². The third kappa shape index (κ3) is 5.73. The first-order valence-electron chi connectivity index (χ1n) is 17.1. The van der Waals surface area contributed by atoms with Gasteiger partial charge in [-0.3, -0.25) is 0 Å². The van der Waals surface area contributed by atoms with Gasteiger partial charge in [0.25, 0.3) is 0 Å². The highest BCUT2D eigenvalue weighted by molar-refractivity contribution is 5.25. The molecular formula is C35H60O6. The summed E-state index contributed by atoms with van der Waals surface area (Å²) in [7, 11) is 0. The van der Waals surface area contributed by atoms with Crippen LogP contribution in [0.4, 0.5) is 0 Å². The molecule has 41 heavy (non-hydrogen) atoms. The zero-order valence-corrected chi connectivity index (χ0v) is 26.7. The fourth-order valence-corrected chi connectivity index (χ4v) is 10.8. The maximum Gasteiger partial charge on any atom is 0.186 e. The molecule has 5 rings (SSSR count). The van der Waals surface area contributed by atoms with E-state index >= 15 is 0 Å². The zero-order chi connectivity index (χ0) is 29.7. The van der Waals surface area contributed by atoms with E-state index in [4.69, 9.17) is 9.47 Å². The lowest BCUT2D eigenvalue weighted by Gasteiger charge is -2.58. The van der Waals surface area contributed by atoms with Gasteiger partial charge >= 0.3 is 0 Å². The topological polar surface area (TPSA) is 99.4 Å². The van der Waals surface area contributed by atoms with Crippen molar-refractivity contribution in [3.63, 3.8) is 0 Å². The Balaban J connectivity index is 1.24. The number of hydrogen-bond acceptors (Lipinski definition) is 6. The van der Waals surface area contributed by atoms with Gasteiger partial charge in [-0.25, -0.2) is 0 Å². The van der Waals surface area contributed by atoms with E-state index in [1.807, 2.05) is 0 Å². The molecule has 0 unspecified atom stereocenters. The Kier molecular flexibility index (Phi) is 9.71. The van der Waals surface area contributed by atoms with Crippen LogP contribution in [0.5, 0.6) is 0 Å². The number of rotatable bonds is 9. The summed E-state index contributed by atoms with van der Waals surface area (Å²) in [6.45, 7) is 14.5. The average molecular weight is 577 g/mol. The molecule has 0 aromatic rings. The molecule has 1 aliphatic heterocycles. The molecule has 6 heteroatoms. The van der Waals surface area contributed by atoms with Crippen molar-refractivity contribution in [2.75, 3.05) is 6.61 Å². The lowest BCUT2D eigenvalue weighted by atomic mass is 9.47. The molecule has 4 aliphatic carbocycles. The summed E-state index contributed by atoms with van der Waals surface area (Å²) in [5.74, 6) is 5.66. The van der Waals surface area contributed by atoms with E-state index in [1.165, 1.54) is 56.9 Å². The summed E-state index contributed by atoms with van der Waals surface area (Å²) in [6.07, 6.45) is 9.92. The summed E-state index contributed by atoms with van der Waals surface area (Å²) in [5, 5.41) is 40.4. The number of fused-ring (bicyclic) bond motifs is 5. The van der Waals surface area contributed by atoms with Crippen LogP contribution < -0.4 is 0 Å². The van der Waals surface area contributed by atoms with Crippen molar-refractivity contribution >= 4 is 0 Å². The van der Waals surface area contributed by atoms with Gasteiger partial charge < -0.3 is 29.9 Å². The van der Waals surface area contributed by atoms with Crippen LogP contribution in [0.3, 0.4) is 0 Å². The predicted octanol–water partition coefficient (Wildman–Crippen LogP) is 5.85. The first-order chi connectivity index (χ1) is 19.4. The number of ether oxygens (including phenoxy) is 2. The number of aliphatic hydroxyl groups excluding tert-OH is 4.